The third-order valence-electron chi connectivity index (χ3n) is 4.08. The van der Waals surface area contributed by atoms with E-state index in [9.17, 15) is 9.18 Å². The minimum absolute atomic E-state index is 0.0640. The molecule has 2 aliphatic rings. The van der Waals surface area contributed by atoms with Gasteiger partial charge in [-0.15, -0.1) is 0 Å². The van der Waals surface area contributed by atoms with E-state index < -0.39 is 5.82 Å². The van der Waals surface area contributed by atoms with E-state index in [2.05, 4.69) is 0 Å². The molecule has 1 aromatic rings. The fourth-order valence-corrected chi connectivity index (χ4v) is 3.22. The number of likely N-dealkylation sites (tertiary alicyclic amines) is 1. The summed E-state index contributed by atoms with van der Waals surface area (Å²) in [6.45, 7) is 1.49. The van der Waals surface area contributed by atoms with Crippen LogP contribution in [0.5, 0.6) is 5.75 Å². The van der Waals surface area contributed by atoms with Gasteiger partial charge in [0.05, 0.1) is 5.56 Å². The normalized spacial score (nSPS) is 26.4. The molecule has 2 bridgehead atoms. The van der Waals surface area contributed by atoms with Crippen LogP contribution in [0.15, 0.2) is 18.2 Å². The Balaban J connectivity index is 1.82. The lowest BCUT2D eigenvalue weighted by Gasteiger charge is -2.32. The Kier molecular flexibility index (Phi) is 2.73. The molecule has 1 saturated heterocycles. The van der Waals surface area contributed by atoms with Gasteiger partial charge in [-0.2, -0.15) is 0 Å². The molecule has 1 aromatic carbocycles. The minimum Gasteiger partial charge on any atom is -0.508 e. The van der Waals surface area contributed by atoms with Crippen LogP contribution in [0, 0.1) is 17.7 Å². The summed E-state index contributed by atoms with van der Waals surface area (Å²) in [6, 6.07) is 3.71. The number of nitrogens with zero attached hydrogens (tertiary/aromatic N) is 1. The largest absolute Gasteiger partial charge is 0.508 e. The Hall–Kier alpha value is -1.58. The summed E-state index contributed by atoms with van der Waals surface area (Å²) in [5.41, 5.74) is 0.0640. The zero-order chi connectivity index (χ0) is 12.7. The number of rotatable bonds is 1. The lowest BCUT2D eigenvalue weighted by molar-refractivity contribution is 0.0657. The van der Waals surface area contributed by atoms with Gasteiger partial charge in [0.1, 0.15) is 11.6 Å². The number of aromatic hydroxyl groups is 1. The lowest BCUT2D eigenvalue weighted by Crippen LogP contribution is -2.41. The highest BCUT2D eigenvalue weighted by Gasteiger charge is 2.35. The molecule has 0 spiro atoms. The standard InChI is InChI=1S/C14H16FNO2/c15-13-6-11(17)3-4-12(13)14(18)16-7-9-1-2-10(5-9)8-16/h3-4,6,9-10,17H,1-2,5,7-8H2/t9-,10+. The monoisotopic (exact) mass is 249 g/mol. The van der Waals surface area contributed by atoms with E-state index in [0.29, 0.717) is 11.8 Å². The molecule has 1 saturated carbocycles. The molecule has 3 rings (SSSR count). The summed E-state index contributed by atoms with van der Waals surface area (Å²) >= 11 is 0. The van der Waals surface area contributed by atoms with E-state index in [-0.39, 0.29) is 17.2 Å². The molecule has 1 heterocycles. The summed E-state index contributed by atoms with van der Waals surface area (Å²) in [5, 5.41) is 9.16. The van der Waals surface area contributed by atoms with E-state index in [1.54, 1.807) is 4.90 Å². The van der Waals surface area contributed by atoms with E-state index >= 15 is 0 Å². The van der Waals surface area contributed by atoms with Crippen molar-refractivity contribution in [2.24, 2.45) is 11.8 Å². The first-order valence-electron chi connectivity index (χ1n) is 6.41. The summed E-state index contributed by atoms with van der Waals surface area (Å²) in [4.78, 5) is 14.0. The van der Waals surface area contributed by atoms with Crippen molar-refractivity contribution in [1.29, 1.82) is 0 Å². The summed E-state index contributed by atoms with van der Waals surface area (Å²) in [7, 11) is 0. The third-order valence-corrected chi connectivity index (χ3v) is 4.08. The predicted molar refractivity (Wildman–Crippen MR) is 64.8 cm³/mol. The molecule has 4 heteroatoms. The van der Waals surface area contributed by atoms with Crippen molar-refractivity contribution in [2.75, 3.05) is 13.1 Å². The SMILES string of the molecule is O=C(c1ccc(O)cc1F)N1C[C@@H]2CC[C@@H](C2)C1. The minimum atomic E-state index is -0.641. The quantitative estimate of drug-likeness (QED) is 0.830. The van der Waals surface area contributed by atoms with Crippen LogP contribution in [0.4, 0.5) is 4.39 Å². The molecule has 2 atom stereocenters. The molecule has 3 nitrogen and oxygen atoms in total. The van der Waals surface area contributed by atoms with Gasteiger partial charge in [-0.3, -0.25) is 4.79 Å². The smallest absolute Gasteiger partial charge is 0.256 e. The number of carbonyl (C=O) groups excluding carboxylic acids is 1. The number of amides is 1. The van der Waals surface area contributed by atoms with Crippen LogP contribution in [0.1, 0.15) is 29.6 Å². The molecule has 0 aromatic heterocycles. The highest BCUT2D eigenvalue weighted by atomic mass is 19.1. The van der Waals surface area contributed by atoms with E-state index in [0.717, 1.165) is 19.2 Å². The topological polar surface area (TPSA) is 40.5 Å². The molecular weight excluding hydrogens is 233 g/mol. The van der Waals surface area contributed by atoms with Crippen LogP contribution < -0.4 is 0 Å². The Labute approximate surface area is 105 Å². The van der Waals surface area contributed by atoms with Gasteiger partial charge in [0.15, 0.2) is 0 Å². The number of halogens is 1. The molecular formula is C14H16FNO2. The van der Waals surface area contributed by atoms with Crippen molar-refractivity contribution in [3.05, 3.63) is 29.6 Å². The van der Waals surface area contributed by atoms with Gasteiger partial charge in [-0.05, 0) is 43.2 Å². The Morgan fingerprint density at radius 1 is 1.28 bits per heavy atom. The Morgan fingerprint density at radius 3 is 2.56 bits per heavy atom. The molecule has 96 valence electrons. The highest BCUT2D eigenvalue weighted by Crippen LogP contribution is 2.36. The first-order chi connectivity index (χ1) is 8.63. The van der Waals surface area contributed by atoms with Crippen molar-refractivity contribution in [3.63, 3.8) is 0 Å². The van der Waals surface area contributed by atoms with E-state index in [4.69, 9.17) is 5.11 Å². The second-order valence-corrected chi connectivity index (χ2v) is 5.42. The van der Waals surface area contributed by atoms with Crippen molar-refractivity contribution < 1.29 is 14.3 Å². The lowest BCUT2D eigenvalue weighted by atomic mass is 9.98. The van der Waals surface area contributed by atoms with Gasteiger partial charge in [0.25, 0.3) is 5.91 Å². The van der Waals surface area contributed by atoms with Crippen molar-refractivity contribution in [3.8, 4) is 5.75 Å². The predicted octanol–water partition coefficient (Wildman–Crippen LogP) is 2.40. The number of fused-ring (bicyclic) bond motifs is 2. The molecule has 1 aliphatic carbocycles. The fourth-order valence-electron chi connectivity index (χ4n) is 3.22. The van der Waals surface area contributed by atoms with Crippen molar-refractivity contribution >= 4 is 5.91 Å². The highest BCUT2D eigenvalue weighted by molar-refractivity contribution is 5.94. The van der Waals surface area contributed by atoms with E-state index in [1.165, 1.54) is 31.4 Å². The maximum absolute atomic E-state index is 13.7. The number of benzene rings is 1. The average Bonchev–Trinajstić information content (AvgIpc) is 2.67. The van der Waals surface area contributed by atoms with Crippen LogP contribution in [0.3, 0.4) is 0 Å². The van der Waals surface area contributed by atoms with Crippen molar-refractivity contribution in [2.45, 2.75) is 19.3 Å². The van der Waals surface area contributed by atoms with Gasteiger partial charge in [0.2, 0.25) is 0 Å². The second-order valence-electron chi connectivity index (χ2n) is 5.42. The van der Waals surface area contributed by atoms with Crippen LogP contribution in [-0.4, -0.2) is 29.0 Å². The average molecular weight is 249 g/mol. The number of phenolic OH excluding ortho intramolecular Hbond substituents is 1. The van der Waals surface area contributed by atoms with Crippen LogP contribution >= 0.6 is 0 Å². The number of hydrogen-bond donors (Lipinski definition) is 1. The van der Waals surface area contributed by atoms with Crippen molar-refractivity contribution in [1.82, 2.24) is 4.90 Å². The van der Waals surface area contributed by atoms with Crippen LogP contribution in [0.25, 0.3) is 0 Å². The summed E-state index contributed by atoms with van der Waals surface area (Å²) in [6.07, 6.45) is 3.58. The molecule has 18 heavy (non-hydrogen) atoms. The van der Waals surface area contributed by atoms with E-state index in [1.807, 2.05) is 0 Å². The zero-order valence-electron chi connectivity index (χ0n) is 10.1. The zero-order valence-corrected chi connectivity index (χ0v) is 10.1. The van der Waals surface area contributed by atoms with Gasteiger partial charge in [-0.25, -0.2) is 4.39 Å². The maximum Gasteiger partial charge on any atom is 0.256 e. The van der Waals surface area contributed by atoms with Gasteiger partial charge in [-0.1, -0.05) is 0 Å². The Morgan fingerprint density at radius 2 is 1.94 bits per heavy atom. The maximum atomic E-state index is 13.7. The first kappa shape index (κ1) is 11.5. The number of carbonyl (C=O) groups is 1. The number of hydrogen-bond acceptors (Lipinski definition) is 2. The van der Waals surface area contributed by atoms with Crippen LogP contribution in [-0.2, 0) is 0 Å². The number of piperidine rings is 1. The van der Waals surface area contributed by atoms with Crippen LogP contribution in [0.2, 0.25) is 0 Å². The molecule has 1 amide bonds. The first-order valence-corrected chi connectivity index (χ1v) is 6.41. The second kappa shape index (κ2) is 4.26. The molecule has 1 N–H and O–H groups in total. The molecule has 2 fully saturated rings. The summed E-state index contributed by atoms with van der Waals surface area (Å²) in [5.74, 6) is 0.144. The molecule has 0 unspecified atom stereocenters. The molecule has 0 radical (unpaired) electrons. The molecule has 1 aliphatic heterocycles. The Bertz CT molecular complexity index is 477. The van der Waals surface area contributed by atoms with Gasteiger partial charge >= 0.3 is 0 Å². The van der Waals surface area contributed by atoms with Gasteiger partial charge in [0, 0.05) is 19.2 Å². The summed E-state index contributed by atoms with van der Waals surface area (Å²) < 4.78 is 13.7. The fraction of sp³-hybridized carbons (Fsp3) is 0.500. The number of phenols is 1. The third kappa shape index (κ3) is 1.96. The van der Waals surface area contributed by atoms with Gasteiger partial charge < -0.3 is 10.0 Å².